The zero-order valence-corrected chi connectivity index (χ0v) is 19.7. The van der Waals surface area contributed by atoms with Crippen LogP contribution in [0, 0.1) is 0 Å². The Hall–Kier alpha value is -3.01. The Morgan fingerprint density at radius 1 is 1.12 bits per heavy atom. The van der Waals surface area contributed by atoms with Gasteiger partial charge in [-0.05, 0) is 47.4 Å². The minimum atomic E-state index is -4.20. The summed E-state index contributed by atoms with van der Waals surface area (Å²) in [6.07, 6.45) is 0.675. The van der Waals surface area contributed by atoms with Gasteiger partial charge >= 0.3 is 5.97 Å². The molecule has 0 aliphatic carbocycles. The summed E-state index contributed by atoms with van der Waals surface area (Å²) in [6.45, 7) is 1.99. The Labute approximate surface area is 199 Å². The van der Waals surface area contributed by atoms with Crippen LogP contribution in [0.2, 0.25) is 5.02 Å². The molecule has 0 spiro atoms. The Morgan fingerprint density at radius 2 is 1.85 bits per heavy atom. The van der Waals surface area contributed by atoms with Gasteiger partial charge in [-0.15, -0.1) is 0 Å². The highest BCUT2D eigenvalue weighted by Crippen LogP contribution is 2.46. The second-order valence-electron chi connectivity index (χ2n) is 7.72. The lowest BCUT2D eigenvalue weighted by molar-refractivity contribution is -0.138. The lowest BCUT2D eigenvalue weighted by Gasteiger charge is -2.41. The first-order valence-corrected chi connectivity index (χ1v) is 12.7. The third-order valence-electron chi connectivity index (χ3n) is 5.90. The van der Waals surface area contributed by atoms with E-state index in [0.29, 0.717) is 23.1 Å². The van der Waals surface area contributed by atoms with Crippen molar-refractivity contribution in [1.29, 1.82) is 0 Å². The van der Waals surface area contributed by atoms with E-state index in [1.165, 1.54) is 12.1 Å². The van der Waals surface area contributed by atoms with Crippen molar-refractivity contribution in [3.63, 3.8) is 0 Å². The number of carboxylic acids is 1. The van der Waals surface area contributed by atoms with Crippen molar-refractivity contribution in [2.24, 2.45) is 0 Å². The molecule has 2 unspecified atom stereocenters. The smallest absolute Gasteiger partial charge is 0.328 e. The molecule has 0 radical (unpaired) electrons. The van der Waals surface area contributed by atoms with Crippen LogP contribution in [0.3, 0.4) is 0 Å². The molecule has 33 heavy (non-hydrogen) atoms. The van der Waals surface area contributed by atoms with Gasteiger partial charge in [0.25, 0.3) is 10.0 Å². The van der Waals surface area contributed by atoms with Crippen LogP contribution in [0.5, 0.6) is 0 Å². The van der Waals surface area contributed by atoms with Crippen LogP contribution in [0.1, 0.15) is 29.5 Å². The zero-order valence-electron chi connectivity index (χ0n) is 17.3. The monoisotopic (exact) mass is 499 g/mol. The normalized spacial score (nSPS) is 19.4. The fourth-order valence-electron chi connectivity index (χ4n) is 4.48. The van der Waals surface area contributed by atoms with E-state index in [4.69, 9.17) is 11.6 Å². The lowest BCUT2D eigenvalue weighted by atomic mass is 9.83. The molecular weight excluding hydrogens is 482 g/mol. The molecule has 0 saturated heterocycles. The van der Waals surface area contributed by atoms with Crippen molar-refractivity contribution in [2.45, 2.75) is 30.2 Å². The van der Waals surface area contributed by atoms with Crippen molar-refractivity contribution in [1.82, 2.24) is 8.75 Å². The van der Waals surface area contributed by atoms with Crippen LogP contribution >= 0.6 is 23.3 Å². The number of carbonyl (C=O) groups is 1. The van der Waals surface area contributed by atoms with Gasteiger partial charge in [-0.1, -0.05) is 54.9 Å². The van der Waals surface area contributed by atoms with Gasteiger partial charge in [-0.2, -0.15) is 8.75 Å². The van der Waals surface area contributed by atoms with Crippen molar-refractivity contribution < 1.29 is 18.3 Å². The second-order valence-corrected chi connectivity index (χ2v) is 10.4. The van der Waals surface area contributed by atoms with Crippen LogP contribution in [-0.4, -0.2) is 34.3 Å². The van der Waals surface area contributed by atoms with Crippen molar-refractivity contribution in [3.05, 3.63) is 82.4 Å². The molecule has 3 aromatic carbocycles. The number of para-hydroxylation sites is 1. The number of fused-ring (bicyclic) bond motifs is 2. The van der Waals surface area contributed by atoms with Gasteiger partial charge in [0.2, 0.25) is 0 Å². The summed E-state index contributed by atoms with van der Waals surface area (Å²) in [7, 11) is -4.20. The minimum absolute atomic E-state index is 0.0574. The van der Waals surface area contributed by atoms with Crippen molar-refractivity contribution in [3.8, 4) is 0 Å². The first-order chi connectivity index (χ1) is 15.8. The van der Waals surface area contributed by atoms with Gasteiger partial charge in [0, 0.05) is 5.92 Å². The topological polar surface area (TPSA) is 100 Å². The molecule has 2 atom stereocenters. The second kappa shape index (κ2) is 8.09. The maximum Gasteiger partial charge on any atom is 0.328 e. The van der Waals surface area contributed by atoms with Crippen molar-refractivity contribution >= 4 is 56.0 Å². The molecule has 7 nitrogen and oxygen atoms in total. The van der Waals surface area contributed by atoms with E-state index in [2.05, 4.69) is 8.75 Å². The van der Waals surface area contributed by atoms with Gasteiger partial charge in [-0.3, -0.25) is 0 Å². The molecule has 1 aliphatic rings. The fraction of sp³-hybridized carbons (Fsp3) is 0.174. The van der Waals surface area contributed by atoms with Crippen LogP contribution < -0.4 is 4.31 Å². The SMILES string of the molecule is CCc1cc(C2c3ccccc3S(=O)(=O)N(c3ccccc3Cl)C2C(=O)O)cc2nsnc12. The van der Waals surface area contributed by atoms with E-state index < -0.39 is 28.0 Å². The number of anilines is 1. The van der Waals surface area contributed by atoms with Gasteiger partial charge < -0.3 is 5.11 Å². The molecule has 0 saturated carbocycles. The number of rotatable bonds is 4. The molecule has 1 aliphatic heterocycles. The molecule has 5 rings (SSSR count). The van der Waals surface area contributed by atoms with Crippen LogP contribution in [-0.2, 0) is 21.2 Å². The highest BCUT2D eigenvalue weighted by Gasteiger charge is 2.49. The van der Waals surface area contributed by atoms with E-state index >= 15 is 0 Å². The molecule has 0 bridgehead atoms. The van der Waals surface area contributed by atoms with Crippen LogP contribution in [0.15, 0.2) is 65.6 Å². The summed E-state index contributed by atoms with van der Waals surface area (Å²) in [4.78, 5) is 12.8. The van der Waals surface area contributed by atoms with E-state index in [9.17, 15) is 18.3 Å². The molecule has 0 amide bonds. The maximum atomic E-state index is 13.7. The van der Waals surface area contributed by atoms with E-state index in [1.54, 1.807) is 42.5 Å². The summed E-state index contributed by atoms with van der Waals surface area (Å²) in [5, 5.41) is 10.5. The largest absolute Gasteiger partial charge is 0.480 e. The Balaban J connectivity index is 1.85. The van der Waals surface area contributed by atoms with Crippen LogP contribution in [0.25, 0.3) is 11.0 Å². The number of nitrogens with zero attached hydrogens (tertiary/aromatic N) is 3. The summed E-state index contributed by atoms with van der Waals surface area (Å²) in [6, 6.07) is 15.2. The molecule has 1 N–H and O–H groups in total. The predicted molar refractivity (Wildman–Crippen MR) is 128 cm³/mol. The molecular formula is C23H18ClN3O4S2. The first-order valence-electron chi connectivity index (χ1n) is 10.2. The molecule has 1 aromatic heterocycles. The quantitative estimate of drug-likeness (QED) is 0.436. The third kappa shape index (κ3) is 3.38. The summed E-state index contributed by atoms with van der Waals surface area (Å²) in [5.74, 6) is -2.05. The van der Waals surface area contributed by atoms with Crippen molar-refractivity contribution in [2.75, 3.05) is 4.31 Å². The number of halogens is 1. The standard InChI is InChI=1S/C23H18ClN3O4S2/c1-2-13-11-14(12-17-21(13)26-32-25-17)20-15-7-3-6-10-19(15)33(30,31)27(22(20)23(28)29)18-9-5-4-8-16(18)24/h3-12,20,22H,2H2,1H3,(H,28,29). The maximum absolute atomic E-state index is 13.7. The molecule has 10 heteroatoms. The molecule has 2 heterocycles. The van der Waals surface area contributed by atoms with Crippen LogP contribution in [0.4, 0.5) is 5.69 Å². The summed E-state index contributed by atoms with van der Waals surface area (Å²) in [5.41, 5.74) is 3.58. The molecule has 168 valence electrons. The average Bonchev–Trinajstić information content (AvgIpc) is 3.27. The zero-order chi connectivity index (χ0) is 23.3. The highest BCUT2D eigenvalue weighted by atomic mass is 35.5. The number of benzene rings is 3. The average molecular weight is 500 g/mol. The Bertz CT molecular complexity index is 1500. The number of sulfonamides is 1. The van der Waals surface area contributed by atoms with E-state index in [1.807, 2.05) is 13.0 Å². The fourth-order valence-corrected chi connectivity index (χ4v) is 7.20. The third-order valence-corrected chi connectivity index (χ3v) is 8.64. The lowest BCUT2D eigenvalue weighted by Crippen LogP contribution is -2.52. The predicted octanol–water partition coefficient (Wildman–Crippen LogP) is 4.70. The first kappa shape index (κ1) is 21.8. The number of hydrogen-bond acceptors (Lipinski definition) is 6. The van der Waals surface area contributed by atoms with Gasteiger partial charge in [-0.25, -0.2) is 17.5 Å². The number of aliphatic carboxylic acids is 1. The van der Waals surface area contributed by atoms with E-state index in [-0.39, 0.29) is 15.6 Å². The van der Waals surface area contributed by atoms with Gasteiger partial charge in [0.15, 0.2) is 6.04 Å². The summed E-state index contributed by atoms with van der Waals surface area (Å²) < 4.78 is 37.1. The number of carboxylic acid groups (broad SMARTS) is 1. The minimum Gasteiger partial charge on any atom is -0.480 e. The Morgan fingerprint density at radius 3 is 2.58 bits per heavy atom. The van der Waals surface area contributed by atoms with Gasteiger partial charge in [0.1, 0.15) is 11.0 Å². The number of hydrogen-bond donors (Lipinski definition) is 1. The Kier molecular flexibility index (Phi) is 5.35. The van der Waals surface area contributed by atoms with E-state index in [0.717, 1.165) is 27.1 Å². The summed E-state index contributed by atoms with van der Waals surface area (Å²) >= 11 is 7.46. The van der Waals surface area contributed by atoms with Gasteiger partial charge in [0.05, 0.1) is 27.3 Å². The highest BCUT2D eigenvalue weighted by molar-refractivity contribution is 7.93. The number of aryl methyl sites for hydroxylation is 1. The molecule has 0 fully saturated rings. The molecule has 4 aromatic rings. The number of aromatic nitrogens is 2.